The van der Waals surface area contributed by atoms with Gasteiger partial charge in [0, 0.05) is 4.47 Å². The average molecular weight is 300 g/mol. The summed E-state index contributed by atoms with van der Waals surface area (Å²) in [6.07, 6.45) is 1.79. The average Bonchev–Trinajstić information content (AvgIpc) is 2.43. The van der Waals surface area contributed by atoms with Crippen LogP contribution in [0.5, 0.6) is 0 Å². The van der Waals surface area contributed by atoms with Crippen molar-refractivity contribution in [2.24, 2.45) is 0 Å². The van der Waals surface area contributed by atoms with Crippen molar-refractivity contribution < 1.29 is 0 Å². The van der Waals surface area contributed by atoms with Crippen LogP contribution >= 0.6 is 15.9 Å². The fourth-order valence-corrected chi connectivity index (χ4v) is 2.22. The Morgan fingerprint density at radius 1 is 1.00 bits per heavy atom. The molecular weight excluding hydrogens is 286 g/mol. The van der Waals surface area contributed by atoms with Gasteiger partial charge in [0.15, 0.2) is 0 Å². The first-order valence-electron chi connectivity index (χ1n) is 5.98. The Labute approximate surface area is 116 Å². The second-order valence-corrected chi connectivity index (χ2v) is 5.17. The summed E-state index contributed by atoms with van der Waals surface area (Å²) in [6, 6.07) is 20.7. The minimum absolute atomic E-state index is 0.0187. The molecule has 1 unspecified atom stereocenters. The molecule has 0 bridgehead atoms. The fraction of sp³-hybridized carbons (Fsp3) is 0.188. The molecule has 1 atom stereocenters. The van der Waals surface area contributed by atoms with E-state index in [0.29, 0.717) is 0 Å². The van der Waals surface area contributed by atoms with Crippen LogP contribution in [0.25, 0.3) is 0 Å². The van der Waals surface area contributed by atoms with E-state index in [0.717, 1.165) is 22.9 Å². The third kappa shape index (κ3) is 3.45. The first-order valence-corrected chi connectivity index (χ1v) is 6.78. The van der Waals surface area contributed by atoms with Crippen LogP contribution in [0, 0.1) is 11.3 Å². The Balaban J connectivity index is 2.00. The fourth-order valence-electron chi connectivity index (χ4n) is 1.95. The zero-order valence-corrected chi connectivity index (χ0v) is 11.6. The summed E-state index contributed by atoms with van der Waals surface area (Å²) in [5.74, 6) is -0.0187. The SMILES string of the molecule is N#CC(CCc1ccc(Br)cc1)c1ccccc1. The van der Waals surface area contributed by atoms with Gasteiger partial charge in [-0.3, -0.25) is 0 Å². The number of hydrogen-bond acceptors (Lipinski definition) is 1. The lowest BCUT2D eigenvalue weighted by Gasteiger charge is -2.09. The maximum Gasteiger partial charge on any atom is 0.0715 e. The van der Waals surface area contributed by atoms with E-state index in [2.05, 4.69) is 34.1 Å². The summed E-state index contributed by atoms with van der Waals surface area (Å²) in [4.78, 5) is 0. The highest BCUT2D eigenvalue weighted by atomic mass is 79.9. The lowest BCUT2D eigenvalue weighted by atomic mass is 9.94. The molecule has 0 radical (unpaired) electrons. The van der Waals surface area contributed by atoms with Gasteiger partial charge in [-0.2, -0.15) is 5.26 Å². The minimum Gasteiger partial charge on any atom is -0.198 e. The number of nitriles is 1. The van der Waals surface area contributed by atoms with Crippen molar-refractivity contribution in [2.45, 2.75) is 18.8 Å². The van der Waals surface area contributed by atoms with Crippen LogP contribution in [0.4, 0.5) is 0 Å². The topological polar surface area (TPSA) is 23.8 Å². The van der Waals surface area contributed by atoms with Crippen LogP contribution in [0.2, 0.25) is 0 Å². The van der Waals surface area contributed by atoms with Crippen molar-refractivity contribution in [3.05, 3.63) is 70.2 Å². The molecule has 2 aromatic rings. The smallest absolute Gasteiger partial charge is 0.0715 e. The summed E-state index contributed by atoms with van der Waals surface area (Å²) < 4.78 is 1.09. The van der Waals surface area contributed by atoms with Gasteiger partial charge < -0.3 is 0 Å². The molecule has 0 heterocycles. The van der Waals surface area contributed by atoms with E-state index >= 15 is 0 Å². The van der Waals surface area contributed by atoms with E-state index in [1.165, 1.54) is 5.56 Å². The van der Waals surface area contributed by atoms with E-state index in [1.807, 2.05) is 42.5 Å². The Morgan fingerprint density at radius 3 is 2.28 bits per heavy atom. The second-order valence-electron chi connectivity index (χ2n) is 4.26. The van der Waals surface area contributed by atoms with Gasteiger partial charge in [0.2, 0.25) is 0 Å². The van der Waals surface area contributed by atoms with E-state index in [-0.39, 0.29) is 5.92 Å². The van der Waals surface area contributed by atoms with Gasteiger partial charge in [-0.1, -0.05) is 58.4 Å². The molecule has 90 valence electrons. The predicted octanol–water partition coefficient (Wildman–Crippen LogP) is 4.69. The summed E-state index contributed by atoms with van der Waals surface area (Å²) >= 11 is 3.42. The Bertz CT molecular complexity index is 525. The molecule has 18 heavy (non-hydrogen) atoms. The van der Waals surface area contributed by atoms with E-state index < -0.39 is 0 Å². The van der Waals surface area contributed by atoms with Gasteiger partial charge in [-0.05, 0) is 36.1 Å². The van der Waals surface area contributed by atoms with Crippen LogP contribution in [0.15, 0.2) is 59.1 Å². The molecule has 0 aliphatic heterocycles. The van der Waals surface area contributed by atoms with E-state index in [4.69, 9.17) is 0 Å². The Hall–Kier alpha value is -1.59. The second kappa shape index (κ2) is 6.37. The van der Waals surface area contributed by atoms with Crippen LogP contribution < -0.4 is 0 Å². The quantitative estimate of drug-likeness (QED) is 0.803. The highest BCUT2D eigenvalue weighted by molar-refractivity contribution is 9.10. The van der Waals surface area contributed by atoms with Crippen LogP contribution in [-0.2, 0) is 6.42 Å². The van der Waals surface area contributed by atoms with Crippen LogP contribution in [0.1, 0.15) is 23.5 Å². The molecule has 0 aliphatic carbocycles. The molecule has 0 saturated heterocycles. The van der Waals surface area contributed by atoms with Gasteiger partial charge >= 0.3 is 0 Å². The molecule has 1 nitrogen and oxygen atoms in total. The van der Waals surface area contributed by atoms with Crippen molar-refractivity contribution in [2.75, 3.05) is 0 Å². The molecule has 0 aliphatic rings. The largest absolute Gasteiger partial charge is 0.198 e. The molecule has 2 heteroatoms. The van der Waals surface area contributed by atoms with Gasteiger partial charge in [0.05, 0.1) is 12.0 Å². The summed E-state index contributed by atoms with van der Waals surface area (Å²) in [5.41, 5.74) is 2.38. The van der Waals surface area contributed by atoms with Crippen LogP contribution in [-0.4, -0.2) is 0 Å². The van der Waals surface area contributed by atoms with Crippen molar-refractivity contribution in [3.63, 3.8) is 0 Å². The molecule has 0 aromatic heterocycles. The summed E-state index contributed by atoms with van der Waals surface area (Å²) in [5, 5.41) is 9.24. The number of nitrogens with zero attached hydrogens (tertiary/aromatic N) is 1. The van der Waals surface area contributed by atoms with E-state index in [9.17, 15) is 5.26 Å². The molecule has 0 spiro atoms. The van der Waals surface area contributed by atoms with Gasteiger partial charge in [-0.15, -0.1) is 0 Å². The lowest BCUT2D eigenvalue weighted by Crippen LogP contribution is -1.98. The first kappa shape index (κ1) is 12.9. The first-order chi connectivity index (χ1) is 8.79. The number of halogens is 1. The normalized spacial score (nSPS) is 11.8. The number of rotatable bonds is 4. The highest BCUT2D eigenvalue weighted by Crippen LogP contribution is 2.21. The van der Waals surface area contributed by atoms with Crippen molar-refractivity contribution >= 4 is 15.9 Å². The van der Waals surface area contributed by atoms with Crippen molar-refractivity contribution in [3.8, 4) is 6.07 Å². The van der Waals surface area contributed by atoms with Crippen LogP contribution in [0.3, 0.4) is 0 Å². The van der Waals surface area contributed by atoms with Crippen molar-refractivity contribution in [1.29, 1.82) is 5.26 Å². The number of benzene rings is 2. The molecule has 0 saturated carbocycles. The lowest BCUT2D eigenvalue weighted by molar-refractivity contribution is 0.746. The predicted molar refractivity (Wildman–Crippen MR) is 77.3 cm³/mol. The molecule has 2 rings (SSSR count). The standard InChI is InChI=1S/C16H14BrN/c17-16-10-7-13(8-11-16)6-9-15(12-18)14-4-2-1-3-5-14/h1-5,7-8,10-11,15H,6,9H2. The number of aryl methyl sites for hydroxylation is 1. The monoisotopic (exact) mass is 299 g/mol. The molecule has 0 fully saturated rings. The highest BCUT2D eigenvalue weighted by Gasteiger charge is 2.09. The third-order valence-corrected chi connectivity index (χ3v) is 3.52. The molecule has 0 N–H and O–H groups in total. The van der Waals surface area contributed by atoms with Gasteiger partial charge in [0.1, 0.15) is 0 Å². The maximum absolute atomic E-state index is 9.24. The molecular formula is C16H14BrN. The zero-order valence-electron chi connectivity index (χ0n) is 10.0. The summed E-state index contributed by atoms with van der Waals surface area (Å²) in [7, 11) is 0. The zero-order chi connectivity index (χ0) is 12.8. The Morgan fingerprint density at radius 2 is 1.67 bits per heavy atom. The minimum atomic E-state index is -0.0187. The van der Waals surface area contributed by atoms with E-state index in [1.54, 1.807) is 0 Å². The Kier molecular flexibility index (Phi) is 4.55. The van der Waals surface area contributed by atoms with Crippen molar-refractivity contribution in [1.82, 2.24) is 0 Å². The maximum atomic E-state index is 9.24. The van der Waals surface area contributed by atoms with Gasteiger partial charge in [-0.25, -0.2) is 0 Å². The number of hydrogen-bond donors (Lipinski definition) is 0. The van der Waals surface area contributed by atoms with Gasteiger partial charge in [0.25, 0.3) is 0 Å². The summed E-state index contributed by atoms with van der Waals surface area (Å²) in [6.45, 7) is 0. The molecule has 2 aromatic carbocycles. The third-order valence-electron chi connectivity index (χ3n) is 2.99. The molecule has 0 amide bonds.